The molecule has 5 nitrogen and oxygen atoms in total. The van der Waals surface area contributed by atoms with E-state index >= 15 is 0 Å². The standard InChI is InChI=1S/C15H17FN2O3S/c1-17-13(19)10-22(21)15(17)6-8-18(9-7-15)14(20)11-4-2-3-5-12(11)16/h2-5H,6-10H2,1H3. The Morgan fingerprint density at radius 2 is 1.91 bits per heavy atom. The van der Waals surface area contributed by atoms with Crippen LogP contribution in [0, 0.1) is 5.82 Å². The SMILES string of the molecule is CN1C(=O)CS(=O)C12CCN(C(=O)c1ccccc1F)CC2. The Hall–Kier alpha value is -1.76. The first-order valence-electron chi connectivity index (χ1n) is 7.15. The smallest absolute Gasteiger partial charge is 0.256 e. The van der Waals surface area contributed by atoms with Gasteiger partial charge in [0.15, 0.2) is 0 Å². The van der Waals surface area contributed by atoms with Crippen molar-refractivity contribution in [3.63, 3.8) is 0 Å². The molecular formula is C15H17FN2O3S. The fraction of sp³-hybridized carbons (Fsp3) is 0.467. The highest BCUT2D eigenvalue weighted by Gasteiger charge is 2.51. The third kappa shape index (κ3) is 2.24. The molecule has 0 saturated carbocycles. The Kier molecular flexibility index (Phi) is 3.76. The summed E-state index contributed by atoms with van der Waals surface area (Å²) in [4.78, 5) is 26.6. The molecule has 1 aromatic rings. The maximum absolute atomic E-state index is 13.7. The largest absolute Gasteiger partial charge is 0.338 e. The van der Waals surface area contributed by atoms with Crippen LogP contribution in [0.25, 0.3) is 0 Å². The lowest BCUT2D eigenvalue weighted by Crippen LogP contribution is -2.54. The van der Waals surface area contributed by atoms with Crippen molar-refractivity contribution in [1.82, 2.24) is 9.80 Å². The highest BCUT2D eigenvalue weighted by atomic mass is 32.2. The number of halogens is 1. The van der Waals surface area contributed by atoms with Gasteiger partial charge in [-0.1, -0.05) is 12.1 Å². The lowest BCUT2D eigenvalue weighted by Gasteiger charge is -2.42. The van der Waals surface area contributed by atoms with Crippen molar-refractivity contribution in [2.45, 2.75) is 17.7 Å². The number of hydrogen-bond donors (Lipinski definition) is 0. The van der Waals surface area contributed by atoms with E-state index in [0.29, 0.717) is 25.9 Å². The summed E-state index contributed by atoms with van der Waals surface area (Å²) in [5.74, 6) is -0.958. The number of carbonyl (C=O) groups excluding carboxylic acids is 2. The molecule has 2 saturated heterocycles. The number of benzene rings is 1. The molecule has 7 heteroatoms. The summed E-state index contributed by atoms with van der Waals surface area (Å²) >= 11 is 0. The van der Waals surface area contributed by atoms with Crippen molar-refractivity contribution in [3.8, 4) is 0 Å². The van der Waals surface area contributed by atoms with Gasteiger partial charge in [0.2, 0.25) is 5.91 Å². The minimum Gasteiger partial charge on any atom is -0.338 e. The van der Waals surface area contributed by atoms with Crippen molar-refractivity contribution in [2.24, 2.45) is 0 Å². The van der Waals surface area contributed by atoms with Gasteiger partial charge in [-0.3, -0.25) is 13.8 Å². The predicted octanol–water partition coefficient (Wildman–Crippen LogP) is 0.979. The van der Waals surface area contributed by atoms with Gasteiger partial charge in [0.25, 0.3) is 5.91 Å². The molecule has 3 rings (SSSR count). The van der Waals surface area contributed by atoms with E-state index in [2.05, 4.69) is 0 Å². The molecule has 1 aromatic carbocycles. The van der Waals surface area contributed by atoms with Crippen LogP contribution < -0.4 is 0 Å². The van der Waals surface area contributed by atoms with Crippen LogP contribution in [0.1, 0.15) is 23.2 Å². The second kappa shape index (κ2) is 5.46. The van der Waals surface area contributed by atoms with Crippen LogP contribution in [0.2, 0.25) is 0 Å². The molecule has 1 unspecified atom stereocenters. The first kappa shape index (κ1) is 15.1. The van der Waals surface area contributed by atoms with Gasteiger partial charge >= 0.3 is 0 Å². The zero-order valence-corrected chi connectivity index (χ0v) is 13.1. The third-order valence-corrected chi connectivity index (χ3v) is 6.64. The number of carbonyl (C=O) groups is 2. The molecule has 2 aliphatic rings. The highest BCUT2D eigenvalue weighted by Crippen LogP contribution is 2.36. The summed E-state index contributed by atoms with van der Waals surface area (Å²) in [7, 11) is 0.427. The summed E-state index contributed by atoms with van der Waals surface area (Å²) < 4.78 is 26.0. The zero-order chi connectivity index (χ0) is 15.9. The number of rotatable bonds is 1. The quantitative estimate of drug-likeness (QED) is 0.774. The molecule has 0 N–H and O–H groups in total. The zero-order valence-electron chi connectivity index (χ0n) is 12.3. The van der Waals surface area contributed by atoms with Crippen molar-refractivity contribution < 1.29 is 18.2 Å². The topological polar surface area (TPSA) is 57.7 Å². The van der Waals surface area contributed by atoms with Crippen molar-refractivity contribution in [1.29, 1.82) is 0 Å². The second-order valence-corrected chi connectivity index (χ2v) is 7.40. The van der Waals surface area contributed by atoms with Gasteiger partial charge in [0.1, 0.15) is 16.4 Å². The molecular weight excluding hydrogens is 307 g/mol. The fourth-order valence-electron chi connectivity index (χ4n) is 3.15. The van der Waals surface area contributed by atoms with Crippen LogP contribution in [0.15, 0.2) is 24.3 Å². The first-order chi connectivity index (χ1) is 10.5. The molecule has 0 aliphatic carbocycles. The Morgan fingerprint density at radius 3 is 2.45 bits per heavy atom. The van der Waals surface area contributed by atoms with Gasteiger partial charge in [-0.15, -0.1) is 0 Å². The average molecular weight is 324 g/mol. The summed E-state index contributed by atoms with van der Waals surface area (Å²) in [5.41, 5.74) is 0.0513. The van der Waals surface area contributed by atoms with Gasteiger partial charge in [-0.05, 0) is 12.1 Å². The molecule has 118 valence electrons. The number of piperidine rings is 1. The molecule has 2 fully saturated rings. The van der Waals surface area contributed by atoms with Crippen LogP contribution in [0.5, 0.6) is 0 Å². The Bertz CT molecular complexity index is 656. The van der Waals surface area contributed by atoms with Crippen LogP contribution >= 0.6 is 0 Å². The maximum atomic E-state index is 13.7. The van der Waals surface area contributed by atoms with Crippen LogP contribution in [0.3, 0.4) is 0 Å². The van der Waals surface area contributed by atoms with Crippen molar-refractivity contribution >= 4 is 22.6 Å². The molecule has 22 heavy (non-hydrogen) atoms. The molecule has 0 radical (unpaired) electrons. The summed E-state index contributed by atoms with van der Waals surface area (Å²) in [6, 6.07) is 5.89. The number of nitrogens with zero attached hydrogens (tertiary/aromatic N) is 2. The minimum atomic E-state index is -1.24. The summed E-state index contributed by atoms with van der Waals surface area (Å²) in [6.07, 6.45) is 0.921. The van der Waals surface area contributed by atoms with E-state index in [1.165, 1.54) is 12.1 Å². The van der Waals surface area contributed by atoms with E-state index in [1.807, 2.05) is 0 Å². The van der Waals surface area contributed by atoms with Crippen LogP contribution in [-0.4, -0.2) is 56.6 Å². The molecule has 2 amide bonds. The number of likely N-dealkylation sites (tertiary alicyclic amines) is 1. The van der Waals surface area contributed by atoms with E-state index < -0.39 is 21.5 Å². The second-order valence-electron chi connectivity index (χ2n) is 5.66. The van der Waals surface area contributed by atoms with Gasteiger partial charge in [0.05, 0.1) is 16.4 Å². The third-order valence-electron chi connectivity index (χ3n) is 4.60. The number of hydrogen-bond acceptors (Lipinski definition) is 3. The minimum absolute atomic E-state index is 0.0513. The van der Waals surface area contributed by atoms with Gasteiger partial charge < -0.3 is 9.80 Å². The average Bonchev–Trinajstić information content (AvgIpc) is 2.72. The molecule has 0 aromatic heterocycles. The Morgan fingerprint density at radius 1 is 1.27 bits per heavy atom. The molecule has 2 heterocycles. The van der Waals surface area contributed by atoms with E-state index in [1.54, 1.807) is 29.0 Å². The van der Waals surface area contributed by atoms with Crippen LogP contribution in [0.4, 0.5) is 4.39 Å². The Labute approximate surface area is 130 Å². The molecule has 2 aliphatic heterocycles. The first-order valence-corrected chi connectivity index (χ1v) is 8.46. The summed E-state index contributed by atoms with van der Waals surface area (Å²) in [6.45, 7) is 0.743. The van der Waals surface area contributed by atoms with Gasteiger partial charge in [-0.25, -0.2) is 4.39 Å². The van der Waals surface area contributed by atoms with Gasteiger partial charge in [0, 0.05) is 33.0 Å². The fourth-order valence-corrected chi connectivity index (χ4v) is 4.88. The monoisotopic (exact) mass is 324 g/mol. The molecule has 1 spiro atoms. The molecule has 1 atom stereocenters. The maximum Gasteiger partial charge on any atom is 0.256 e. The van der Waals surface area contributed by atoms with E-state index in [0.717, 1.165) is 0 Å². The van der Waals surface area contributed by atoms with Crippen molar-refractivity contribution in [3.05, 3.63) is 35.6 Å². The van der Waals surface area contributed by atoms with Crippen molar-refractivity contribution in [2.75, 3.05) is 25.9 Å². The van der Waals surface area contributed by atoms with E-state index in [9.17, 15) is 18.2 Å². The molecule has 0 bridgehead atoms. The van der Waals surface area contributed by atoms with E-state index in [-0.39, 0.29) is 23.1 Å². The Balaban J connectivity index is 1.75. The predicted molar refractivity (Wildman–Crippen MR) is 80.0 cm³/mol. The normalized spacial score (nSPS) is 24.1. The van der Waals surface area contributed by atoms with E-state index in [4.69, 9.17) is 0 Å². The summed E-state index contributed by atoms with van der Waals surface area (Å²) in [5, 5.41) is 0. The lowest BCUT2D eigenvalue weighted by atomic mass is 10.0. The number of amides is 2. The lowest BCUT2D eigenvalue weighted by molar-refractivity contribution is -0.129. The van der Waals surface area contributed by atoms with Crippen LogP contribution in [-0.2, 0) is 15.6 Å². The van der Waals surface area contributed by atoms with Gasteiger partial charge in [-0.2, -0.15) is 0 Å². The highest BCUT2D eigenvalue weighted by molar-refractivity contribution is 7.87.